The van der Waals surface area contributed by atoms with Gasteiger partial charge in [0.05, 0.1) is 26.9 Å². The number of thioether (sulfide) groups is 1. The number of carbonyl (C=O) groups is 1. The molecule has 4 aromatic rings. The number of hydrogen-bond donors (Lipinski definition) is 1. The molecule has 0 spiro atoms. The van der Waals surface area contributed by atoms with Gasteiger partial charge in [-0.3, -0.25) is 4.79 Å². The van der Waals surface area contributed by atoms with Crippen LogP contribution in [-0.2, 0) is 4.79 Å². The molecule has 9 heteroatoms. The molecular formula is C20H15FN4OS3. The number of thiazole rings is 1. The Balaban J connectivity index is 1.40. The molecule has 146 valence electrons. The Bertz CT molecular complexity index is 1130. The first-order chi connectivity index (χ1) is 14.1. The molecule has 1 amide bonds. The van der Waals surface area contributed by atoms with Crippen LogP contribution in [0.25, 0.3) is 20.5 Å². The molecule has 0 radical (unpaired) electrons. The predicted octanol–water partition coefficient (Wildman–Crippen LogP) is 5.51. The van der Waals surface area contributed by atoms with Gasteiger partial charge in [0.25, 0.3) is 0 Å². The van der Waals surface area contributed by atoms with Crippen LogP contribution in [0.5, 0.6) is 0 Å². The minimum atomic E-state index is -0.461. The smallest absolute Gasteiger partial charge is 0.234 e. The van der Waals surface area contributed by atoms with Gasteiger partial charge < -0.3 is 5.32 Å². The zero-order valence-electron chi connectivity index (χ0n) is 15.3. The van der Waals surface area contributed by atoms with Crippen molar-refractivity contribution in [2.45, 2.75) is 11.9 Å². The van der Waals surface area contributed by atoms with Crippen molar-refractivity contribution in [1.82, 2.24) is 15.2 Å². The summed E-state index contributed by atoms with van der Waals surface area (Å²) in [4.78, 5) is 18.8. The average molecular weight is 443 g/mol. The Kier molecular flexibility index (Phi) is 5.98. The molecular weight excluding hydrogens is 427 g/mol. The summed E-state index contributed by atoms with van der Waals surface area (Å²) in [5, 5.41) is 14.7. The van der Waals surface area contributed by atoms with Crippen LogP contribution in [0.15, 0.2) is 58.9 Å². The summed E-state index contributed by atoms with van der Waals surface area (Å²) in [6, 6.07) is 13.8. The normalized spacial score (nSPS) is 10.8. The van der Waals surface area contributed by atoms with Crippen molar-refractivity contribution < 1.29 is 9.18 Å². The van der Waals surface area contributed by atoms with Crippen molar-refractivity contribution in [3.8, 4) is 20.5 Å². The molecule has 0 saturated heterocycles. The molecule has 1 N–H and O–H groups in total. The summed E-state index contributed by atoms with van der Waals surface area (Å²) < 4.78 is 13.6. The van der Waals surface area contributed by atoms with Crippen LogP contribution < -0.4 is 5.32 Å². The maximum atomic E-state index is 13.6. The standard InChI is InChI=1S/C20H15FN4OS3/c1-12-19(29-20(22-12)16-7-4-10-27-16)15-8-9-18(25-24-15)28-11-17(26)23-14-6-3-2-5-13(14)21/h2-10H,11H2,1H3,(H,23,26). The lowest BCUT2D eigenvalue weighted by molar-refractivity contribution is -0.113. The number of rotatable bonds is 6. The molecule has 3 heterocycles. The molecule has 5 nitrogen and oxygen atoms in total. The second-order valence-electron chi connectivity index (χ2n) is 5.98. The van der Waals surface area contributed by atoms with E-state index in [2.05, 4.69) is 20.5 Å². The number of nitrogens with zero attached hydrogens (tertiary/aromatic N) is 3. The fourth-order valence-electron chi connectivity index (χ4n) is 2.55. The lowest BCUT2D eigenvalue weighted by atomic mass is 10.3. The zero-order chi connectivity index (χ0) is 20.2. The molecule has 0 fully saturated rings. The van der Waals surface area contributed by atoms with Crippen LogP contribution in [-0.4, -0.2) is 26.8 Å². The van der Waals surface area contributed by atoms with Crippen molar-refractivity contribution in [2.75, 3.05) is 11.1 Å². The van der Waals surface area contributed by atoms with E-state index in [0.717, 1.165) is 26.1 Å². The van der Waals surface area contributed by atoms with Crippen LogP contribution in [0.2, 0.25) is 0 Å². The van der Waals surface area contributed by atoms with Crippen molar-refractivity contribution in [3.63, 3.8) is 0 Å². The Hall–Kier alpha value is -2.62. The molecule has 0 aliphatic heterocycles. The fourth-order valence-corrected chi connectivity index (χ4v) is 4.99. The van der Waals surface area contributed by atoms with E-state index in [9.17, 15) is 9.18 Å². The molecule has 4 rings (SSSR count). The van der Waals surface area contributed by atoms with E-state index in [4.69, 9.17) is 0 Å². The van der Waals surface area contributed by atoms with E-state index < -0.39 is 5.82 Å². The second-order valence-corrected chi connectivity index (χ2v) is 8.93. The number of aromatic nitrogens is 3. The number of halogens is 1. The topological polar surface area (TPSA) is 67.8 Å². The summed E-state index contributed by atoms with van der Waals surface area (Å²) in [6.45, 7) is 1.96. The summed E-state index contributed by atoms with van der Waals surface area (Å²) >= 11 is 4.49. The quantitative estimate of drug-likeness (QED) is 0.399. The minimum Gasteiger partial charge on any atom is -0.323 e. The lowest BCUT2D eigenvalue weighted by Crippen LogP contribution is -2.15. The van der Waals surface area contributed by atoms with Crippen LogP contribution in [0.3, 0.4) is 0 Å². The maximum absolute atomic E-state index is 13.6. The van der Waals surface area contributed by atoms with E-state index in [1.54, 1.807) is 34.8 Å². The molecule has 0 atom stereocenters. The number of aryl methyl sites for hydroxylation is 1. The maximum Gasteiger partial charge on any atom is 0.234 e. The van der Waals surface area contributed by atoms with Gasteiger partial charge in [0.1, 0.15) is 21.5 Å². The third-order valence-corrected chi connectivity index (χ3v) is 7.04. The summed E-state index contributed by atoms with van der Waals surface area (Å²) in [7, 11) is 0. The number of carbonyl (C=O) groups excluding carboxylic acids is 1. The largest absolute Gasteiger partial charge is 0.323 e. The summed E-state index contributed by atoms with van der Waals surface area (Å²) in [5.41, 5.74) is 1.84. The average Bonchev–Trinajstić information content (AvgIpc) is 3.38. The fraction of sp³-hybridized carbons (Fsp3) is 0.100. The number of nitrogens with one attached hydrogen (secondary N) is 1. The van der Waals surface area contributed by atoms with Gasteiger partial charge in [-0.1, -0.05) is 30.0 Å². The monoisotopic (exact) mass is 442 g/mol. The molecule has 0 bridgehead atoms. The number of thiophene rings is 1. The minimum absolute atomic E-state index is 0.116. The van der Waals surface area contributed by atoms with E-state index in [-0.39, 0.29) is 17.3 Å². The van der Waals surface area contributed by atoms with Gasteiger partial charge in [0.2, 0.25) is 5.91 Å². The third-order valence-electron chi connectivity index (χ3n) is 3.90. The molecule has 0 aliphatic carbocycles. The van der Waals surface area contributed by atoms with Gasteiger partial charge in [-0.2, -0.15) is 0 Å². The predicted molar refractivity (Wildman–Crippen MR) is 117 cm³/mol. The van der Waals surface area contributed by atoms with Gasteiger partial charge in [-0.15, -0.1) is 32.9 Å². The van der Waals surface area contributed by atoms with Crippen molar-refractivity contribution >= 4 is 46.0 Å². The van der Waals surface area contributed by atoms with E-state index in [1.165, 1.54) is 23.9 Å². The number of benzene rings is 1. The van der Waals surface area contributed by atoms with Crippen molar-refractivity contribution in [1.29, 1.82) is 0 Å². The van der Waals surface area contributed by atoms with Crippen molar-refractivity contribution in [3.05, 3.63) is 65.4 Å². The van der Waals surface area contributed by atoms with Crippen molar-refractivity contribution in [2.24, 2.45) is 0 Å². The van der Waals surface area contributed by atoms with Gasteiger partial charge in [0.15, 0.2) is 0 Å². The zero-order valence-corrected chi connectivity index (χ0v) is 17.7. The van der Waals surface area contributed by atoms with E-state index >= 15 is 0 Å². The summed E-state index contributed by atoms with van der Waals surface area (Å²) in [5.74, 6) is -0.647. The van der Waals surface area contributed by atoms with Crippen LogP contribution in [0, 0.1) is 12.7 Å². The van der Waals surface area contributed by atoms with Crippen LogP contribution in [0.1, 0.15) is 5.69 Å². The Morgan fingerprint density at radius 3 is 2.72 bits per heavy atom. The molecule has 1 aromatic carbocycles. The number of hydrogen-bond acceptors (Lipinski definition) is 7. The first kappa shape index (κ1) is 19.7. The SMILES string of the molecule is Cc1nc(-c2cccs2)sc1-c1ccc(SCC(=O)Nc2ccccc2F)nn1. The van der Waals surface area contributed by atoms with E-state index in [1.807, 2.05) is 36.6 Å². The first-order valence-electron chi connectivity index (χ1n) is 8.63. The second kappa shape index (κ2) is 8.81. The lowest BCUT2D eigenvalue weighted by Gasteiger charge is -2.05. The Morgan fingerprint density at radius 1 is 1.14 bits per heavy atom. The summed E-state index contributed by atoms with van der Waals surface area (Å²) in [6.07, 6.45) is 0. The van der Waals surface area contributed by atoms with Crippen LogP contribution >= 0.6 is 34.4 Å². The molecule has 0 saturated carbocycles. The highest BCUT2D eigenvalue weighted by Gasteiger charge is 2.14. The first-order valence-corrected chi connectivity index (χ1v) is 11.3. The molecule has 3 aromatic heterocycles. The van der Waals surface area contributed by atoms with Gasteiger partial charge in [-0.05, 0) is 42.6 Å². The van der Waals surface area contributed by atoms with Gasteiger partial charge >= 0.3 is 0 Å². The number of anilines is 1. The highest BCUT2D eigenvalue weighted by molar-refractivity contribution is 7.99. The van der Waals surface area contributed by atoms with Gasteiger partial charge in [0, 0.05) is 0 Å². The number of amides is 1. The molecule has 0 aliphatic rings. The molecule has 0 unspecified atom stereocenters. The van der Waals surface area contributed by atoms with E-state index in [0.29, 0.717) is 5.03 Å². The highest BCUT2D eigenvalue weighted by atomic mass is 32.2. The van der Waals surface area contributed by atoms with Gasteiger partial charge in [-0.25, -0.2) is 9.37 Å². The Labute approximate surface area is 179 Å². The number of para-hydroxylation sites is 1. The highest BCUT2D eigenvalue weighted by Crippen LogP contribution is 2.36. The third kappa shape index (κ3) is 4.69. The van der Waals surface area contributed by atoms with Crippen LogP contribution in [0.4, 0.5) is 10.1 Å². The Morgan fingerprint density at radius 2 is 2.00 bits per heavy atom. The molecule has 29 heavy (non-hydrogen) atoms.